The molecule has 0 bridgehead atoms. The average Bonchev–Trinajstić information content (AvgIpc) is 2.26. The van der Waals surface area contributed by atoms with Crippen molar-refractivity contribution in [1.29, 1.82) is 0 Å². The van der Waals surface area contributed by atoms with Crippen LogP contribution in [-0.4, -0.2) is 38.9 Å². The topological polar surface area (TPSA) is 75.4 Å². The Kier molecular flexibility index (Phi) is 5.68. The standard InChI is InChI=1S/C10H23N3O2S/c1-13(9-5-8-11)16(14,15)12-10-6-3-2-4-7-10/h10,12H,2-9,11H2,1H3. The molecular weight excluding hydrogens is 226 g/mol. The van der Waals surface area contributed by atoms with E-state index in [0.717, 1.165) is 25.7 Å². The molecule has 0 aromatic rings. The van der Waals surface area contributed by atoms with E-state index in [2.05, 4.69) is 4.72 Å². The minimum Gasteiger partial charge on any atom is -0.330 e. The summed E-state index contributed by atoms with van der Waals surface area (Å²) in [4.78, 5) is 0. The van der Waals surface area contributed by atoms with Crippen molar-refractivity contribution in [2.45, 2.75) is 44.6 Å². The fraction of sp³-hybridized carbons (Fsp3) is 1.00. The first-order valence-corrected chi connectivity index (χ1v) is 7.44. The highest BCUT2D eigenvalue weighted by atomic mass is 32.2. The van der Waals surface area contributed by atoms with Crippen molar-refractivity contribution < 1.29 is 8.42 Å². The van der Waals surface area contributed by atoms with Gasteiger partial charge in [0.15, 0.2) is 0 Å². The molecule has 0 aromatic carbocycles. The summed E-state index contributed by atoms with van der Waals surface area (Å²) in [5.41, 5.74) is 5.36. The van der Waals surface area contributed by atoms with E-state index in [0.29, 0.717) is 19.5 Å². The van der Waals surface area contributed by atoms with Gasteiger partial charge in [-0.05, 0) is 25.8 Å². The normalized spacial score (nSPS) is 19.2. The van der Waals surface area contributed by atoms with Gasteiger partial charge in [-0.2, -0.15) is 17.4 Å². The molecule has 1 saturated carbocycles. The summed E-state index contributed by atoms with van der Waals surface area (Å²) in [6.07, 6.45) is 6.09. The molecule has 0 heterocycles. The van der Waals surface area contributed by atoms with Crippen LogP contribution in [-0.2, 0) is 10.2 Å². The largest absolute Gasteiger partial charge is 0.330 e. The summed E-state index contributed by atoms with van der Waals surface area (Å²) < 4.78 is 27.9. The summed E-state index contributed by atoms with van der Waals surface area (Å²) in [6.45, 7) is 1.00. The molecule has 0 atom stereocenters. The second-order valence-electron chi connectivity index (χ2n) is 4.42. The zero-order chi connectivity index (χ0) is 12.0. The van der Waals surface area contributed by atoms with Gasteiger partial charge in [-0.15, -0.1) is 0 Å². The quantitative estimate of drug-likeness (QED) is 0.717. The zero-order valence-corrected chi connectivity index (χ0v) is 10.8. The van der Waals surface area contributed by atoms with Crippen molar-refractivity contribution in [1.82, 2.24) is 9.03 Å². The predicted octanol–water partition coefficient (Wildman–Crippen LogP) is 0.434. The molecule has 1 aliphatic rings. The molecule has 0 spiro atoms. The smallest absolute Gasteiger partial charge is 0.279 e. The Balaban J connectivity index is 2.42. The second-order valence-corrected chi connectivity index (χ2v) is 6.23. The molecule has 3 N–H and O–H groups in total. The minimum absolute atomic E-state index is 0.124. The summed E-state index contributed by atoms with van der Waals surface area (Å²) in [5, 5.41) is 0. The van der Waals surface area contributed by atoms with E-state index >= 15 is 0 Å². The van der Waals surface area contributed by atoms with Crippen molar-refractivity contribution in [2.75, 3.05) is 20.1 Å². The van der Waals surface area contributed by atoms with E-state index < -0.39 is 10.2 Å². The van der Waals surface area contributed by atoms with Gasteiger partial charge in [-0.3, -0.25) is 0 Å². The van der Waals surface area contributed by atoms with E-state index in [-0.39, 0.29) is 6.04 Å². The summed E-state index contributed by atoms with van der Waals surface area (Å²) >= 11 is 0. The van der Waals surface area contributed by atoms with Gasteiger partial charge < -0.3 is 5.73 Å². The maximum absolute atomic E-state index is 11.9. The van der Waals surface area contributed by atoms with Crippen LogP contribution in [0.3, 0.4) is 0 Å². The van der Waals surface area contributed by atoms with Crippen LogP contribution >= 0.6 is 0 Å². The first-order valence-electron chi connectivity index (χ1n) is 6.00. The minimum atomic E-state index is -3.30. The maximum atomic E-state index is 11.9. The summed E-state index contributed by atoms with van der Waals surface area (Å²) in [6, 6.07) is 0.124. The Morgan fingerprint density at radius 1 is 1.31 bits per heavy atom. The van der Waals surface area contributed by atoms with E-state index in [1.165, 1.54) is 10.7 Å². The molecule has 1 fully saturated rings. The van der Waals surface area contributed by atoms with Crippen molar-refractivity contribution in [3.8, 4) is 0 Å². The van der Waals surface area contributed by atoms with Crippen LogP contribution in [0.5, 0.6) is 0 Å². The molecule has 6 heteroatoms. The van der Waals surface area contributed by atoms with Crippen LogP contribution in [0.1, 0.15) is 38.5 Å². The van der Waals surface area contributed by atoms with E-state index in [9.17, 15) is 8.42 Å². The Morgan fingerprint density at radius 2 is 1.94 bits per heavy atom. The molecule has 1 aliphatic carbocycles. The number of nitrogens with one attached hydrogen (secondary N) is 1. The second kappa shape index (κ2) is 6.54. The average molecular weight is 249 g/mol. The van der Waals surface area contributed by atoms with Gasteiger partial charge in [0.05, 0.1) is 0 Å². The monoisotopic (exact) mass is 249 g/mol. The van der Waals surface area contributed by atoms with Crippen molar-refractivity contribution in [2.24, 2.45) is 5.73 Å². The lowest BCUT2D eigenvalue weighted by atomic mass is 9.96. The van der Waals surface area contributed by atoms with Crippen LogP contribution in [0.25, 0.3) is 0 Å². The number of hydrogen-bond acceptors (Lipinski definition) is 3. The molecule has 5 nitrogen and oxygen atoms in total. The van der Waals surface area contributed by atoms with Gasteiger partial charge in [0, 0.05) is 19.6 Å². The number of nitrogens with two attached hydrogens (primary N) is 1. The number of rotatable bonds is 6. The van der Waals surface area contributed by atoms with E-state index in [1.807, 2.05) is 0 Å². The molecule has 96 valence electrons. The third kappa shape index (κ3) is 4.37. The van der Waals surface area contributed by atoms with Gasteiger partial charge >= 0.3 is 0 Å². The third-order valence-corrected chi connectivity index (χ3v) is 4.64. The Labute approximate surface area is 98.6 Å². The fourth-order valence-electron chi connectivity index (χ4n) is 1.96. The molecular formula is C10H23N3O2S. The van der Waals surface area contributed by atoms with Crippen LogP contribution in [0.2, 0.25) is 0 Å². The highest BCUT2D eigenvalue weighted by Gasteiger charge is 2.23. The number of nitrogens with zero attached hydrogens (tertiary/aromatic N) is 1. The lowest BCUT2D eigenvalue weighted by Gasteiger charge is -2.25. The first kappa shape index (κ1) is 13.9. The SMILES string of the molecule is CN(CCCN)S(=O)(=O)NC1CCCCC1. The molecule has 1 rings (SSSR count). The van der Waals surface area contributed by atoms with E-state index in [4.69, 9.17) is 5.73 Å². The van der Waals surface area contributed by atoms with Gasteiger partial charge in [0.25, 0.3) is 10.2 Å². The van der Waals surface area contributed by atoms with Crippen LogP contribution in [0.15, 0.2) is 0 Å². The van der Waals surface area contributed by atoms with Crippen LogP contribution < -0.4 is 10.5 Å². The van der Waals surface area contributed by atoms with Gasteiger partial charge in [0.1, 0.15) is 0 Å². The van der Waals surface area contributed by atoms with Gasteiger partial charge in [0.2, 0.25) is 0 Å². The molecule has 0 amide bonds. The van der Waals surface area contributed by atoms with Crippen molar-refractivity contribution >= 4 is 10.2 Å². The lowest BCUT2D eigenvalue weighted by molar-refractivity contribution is 0.390. The first-order chi connectivity index (χ1) is 7.56. The van der Waals surface area contributed by atoms with E-state index in [1.54, 1.807) is 7.05 Å². The highest BCUT2D eigenvalue weighted by molar-refractivity contribution is 7.87. The van der Waals surface area contributed by atoms with Crippen LogP contribution in [0, 0.1) is 0 Å². The molecule has 0 radical (unpaired) electrons. The lowest BCUT2D eigenvalue weighted by Crippen LogP contribution is -2.44. The van der Waals surface area contributed by atoms with Crippen molar-refractivity contribution in [3.05, 3.63) is 0 Å². The van der Waals surface area contributed by atoms with Crippen LogP contribution in [0.4, 0.5) is 0 Å². The number of hydrogen-bond donors (Lipinski definition) is 2. The Morgan fingerprint density at radius 3 is 2.50 bits per heavy atom. The van der Waals surface area contributed by atoms with Gasteiger partial charge in [-0.1, -0.05) is 19.3 Å². The molecule has 0 aromatic heterocycles. The zero-order valence-electron chi connectivity index (χ0n) is 9.98. The third-order valence-electron chi connectivity index (χ3n) is 3.01. The Hall–Kier alpha value is -0.170. The highest BCUT2D eigenvalue weighted by Crippen LogP contribution is 2.18. The van der Waals surface area contributed by atoms with Crippen molar-refractivity contribution in [3.63, 3.8) is 0 Å². The molecule has 0 aliphatic heterocycles. The van der Waals surface area contributed by atoms with Gasteiger partial charge in [-0.25, -0.2) is 0 Å². The molecule has 0 unspecified atom stereocenters. The maximum Gasteiger partial charge on any atom is 0.279 e. The molecule has 0 saturated heterocycles. The Bertz CT molecular complexity index is 286. The predicted molar refractivity (Wildman–Crippen MR) is 65.2 cm³/mol. The molecule has 16 heavy (non-hydrogen) atoms. The fourth-order valence-corrected chi connectivity index (χ4v) is 3.16. The summed E-state index contributed by atoms with van der Waals surface area (Å²) in [7, 11) is -1.71. The summed E-state index contributed by atoms with van der Waals surface area (Å²) in [5.74, 6) is 0.